The molecule has 1 N–H and O–H groups in total. The number of halogens is 1. The Hall–Kier alpha value is -1.36. The van der Waals surface area contributed by atoms with Crippen molar-refractivity contribution in [2.24, 2.45) is 5.92 Å². The molecule has 0 bridgehead atoms. The summed E-state index contributed by atoms with van der Waals surface area (Å²) >= 11 is 6.10. The second kappa shape index (κ2) is 6.18. The van der Waals surface area contributed by atoms with Gasteiger partial charge in [0.15, 0.2) is 0 Å². The zero-order valence-corrected chi connectivity index (χ0v) is 13.1. The molecular formula is C15H21ClN4O. The van der Waals surface area contributed by atoms with Crippen LogP contribution in [0.2, 0.25) is 5.28 Å². The molecule has 0 spiro atoms. The van der Waals surface area contributed by atoms with Crippen molar-refractivity contribution in [3.8, 4) is 0 Å². The standard InChI is InChI=1S/C15H21ClN4O/c1-17-14(21)10-5-4-8-20(9-10)13-11-6-2-3-7-12(11)18-15(16)19-13/h10H,2-9H2,1H3,(H,17,21)/t10-/m0/s1. The Labute approximate surface area is 130 Å². The van der Waals surface area contributed by atoms with E-state index in [4.69, 9.17) is 11.6 Å². The summed E-state index contributed by atoms with van der Waals surface area (Å²) in [5.41, 5.74) is 2.33. The molecule has 2 aliphatic rings. The lowest BCUT2D eigenvalue weighted by Crippen LogP contribution is -2.43. The van der Waals surface area contributed by atoms with Gasteiger partial charge in [-0.25, -0.2) is 9.97 Å². The van der Waals surface area contributed by atoms with E-state index >= 15 is 0 Å². The van der Waals surface area contributed by atoms with Gasteiger partial charge in [-0.05, 0) is 50.1 Å². The molecule has 1 aliphatic carbocycles. The Kier molecular flexibility index (Phi) is 4.29. The van der Waals surface area contributed by atoms with E-state index in [2.05, 4.69) is 20.2 Å². The topological polar surface area (TPSA) is 58.1 Å². The van der Waals surface area contributed by atoms with Crippen LogP contribution in [0, 0.1) is 5.92 Å². The van der Waals surface area contributed by atoms with Gasteiger partial charge in [-0.3, -0.25) is 4.79 Å². The Balaban J connectivity index is 1.89. The number of aryl methyl sites for hydroxylation is 1. The predicted molar refractivity (Wildman–Crippen MR) is 82.7 cm³/mol. The van der Waals surface area contributed by atoms with Crippen LogP contribution in [0.3, 0.4) is 0 Å². The summed E-state index contributed by atoms with van der Waals surface area (Å²) in [6.45, 7) is 1.66. The summed E-state index contributed by atoms with van der Waals surface area (Å²) in [5, 5.41) is 3.08. The van der Waals surface area contributed by atoms with Crippen LogP contribution in [-0.4, -0.2) is 36.0 Å². The van der Waals surface area contributed by atoms with Crippen molar-refractivity contribution >= 4 is 23.3 Å². The van der Waals surface area contributed by atoms with Crippen LogP contribution in [0.15, 0.2) is 0 Å². The number of carbonyl (C=O) groups excluding carboxylic acids is 1. The molecule has 1 atom stereocenters. The summed E-state index contributed by atoms with van der Waals surface area (Å²) < 4.78 is 0. The second-order valence-corrected chi connectivity index (χ2v) is 6.19. The Morgan fingerprint density at radius 2 is 2.10 bits per heavy atom. The fourth-order valence-electron chi connectivity index (χ4n) is 3.39. The van der Waals surface area contributed by atoms with Crippen molar-refractivity contribution in [3.05, 3.63) is 16.5 Å². The summed E-state index contributed by atoms with van der Waals surface area (Å²) in [6.07, 6.45) is 6.30. The van der Waals surface area contributed by atoms with Crippen LogP contribution in [0.4, 0.5) is 5.82 Å². The molecule has 6 heteroatoms. The highest BCUT2D eigenvalue weighted by Crippen LogP contribution is 2.31. The molecule has 114 valence electrons. The van der Waals surface area contributed by atoms with Crippen LogP contribution in [0.25, 0.3) is 0 Å². The molecule has 0 saturated carbocycles. The van der Waals surface area contributed by atoms with Crippen molar-refractivity contribution in [2.75, 3.05) is 25.0 Å². The van der Waals surface area contributed by atoms with Gasteiger partial charge in [-0.2, -0.15) is 0 Å². The molecule has 1 aromatic heterocycles. The van der Waals surface area contributed by atoms with Gasteiger partial charge < -0.3 is 10.2 Å². The average molecular weight is 309 g/mol. The molecular weight excluding hydrogens is 288 g/mol. The fraction of sp³-hybridized carbons (Fsp3) is 0.667. The van der Waals surface area contributed by atoms with Gasteiger partial charge >= 0.3 is 0 Å². The Bertz CT molecular complexity index is 549. The third-order valence-corrected chi connectivity index (χ3v) is 4.64. The normalized spacial score (nSPS) is 21.8. The zero-order valence-electron chi connectivity index (χ0n) is 12.4. The number of fused-ring (bicyclic) bond motifs is 1. The molecule has 1 aliphatic heterocycles. The molecule has 1 amide bonds. The van der Waals surface area contributed by atoms with Crippen LogP contribution >= 0.6 is 11.6 Å². The molecule has 1 saturated heterocycles. The van der Waals surface area contributed by atoms with Crippen LogP contribution < -0.4 is 10.2 Å². The van der Waals surface area contributed by atoms with Crippen molar-refractivity contribution in [1.29, 1.82) is 0 Å². The van der Waals surface area contributed by atoms with E-state index in [9.17, 15) is 4.79 Å². The largest absolute Gasteiger partial charge is 0.359 e. The van der Waals surface area contributed by atoms with E-state index in [1.807, 2.05) is 0 Å². The number of piperidine rings is 1. The maximum atomic E-state index is 11.9. The maximum absolute atomic E-state index is 11.9. The number of amides is 1. The maximum Gasteiger partial charge on any atom is 0.224 e. The van der Waals surface area contributed by atoms with Crippen LogP contribution in [0.5, 0.6) is 0 Å². The van der Waals surface area contributed by atoms with E-state index in [0.717, 1.165) is 50.3 Å². The van der Waals surface area contributed by atoms with E-state index in [-0.39, 0.29) is 11.8 Å². The lowest BCUT2D eigenvalue weighted by molar-refractivity contribution is -0.124. The first-order valence-corrected chi connectivity index (χ1v) is 8.08. The predicted octanol–water partition coefficient (Wildman–Crippen LogP) is 1.97. The van der Waals surface area contributed by atoms with Crippen molar-refractivity contribution in [1.82, 2.24) is 15.3 Å². The number of hydrogen-bond donors (Lipinski definition) is 1. The monoisotopic (exact) mass is 308 g/mol. The number of carbonyl (C=O) groups is 1. The number of hydrogen-bond acceptors (Lipinski definition) is 4. The molecule has 21 heavy (non-hydrogen) atoms. The third-order valence-electron chi connectivity index (χ3n) is 4.47. The highest BCUT2D eigenvalue weighted by atomic mass is 35.5. The van der Waals surface area contributed by atoms with Gasteiger partial charge in [0.2, 0.25) is 11.2 Å². The van der Waals surface area contributed by atoms with Gasteiger partial charge in [0.25, 0.3) is 0 Å². The molecule has 5 nitrogen and oxygen atoms in total. The van der Waals surface area contributed by atoms with Gasteiger partial charge in [0.05, 0.1) is 11.6 Å². The van der Waals surface area contributed by atoms with Crippen molar-refractivity contribution < 1.29 is 4.79 Å². The average Bonchev–Trinajstić information content (AvgIpc) is 2.53. The van der Waals surface area contributed by atoms with Crippen molar-refractivity contribution in [2.45, 2.75) is 38.5 Å². The second-order valence-electron chi connectivity index (χ2n) is 5.85. The highest BCUT2D eigenvalue weighted by Gasteiger charge is 2.28. The summed E-state index contributed by atoms with van der Waals surface area (Å²) in [7, 11) is 1.70. The van der Waals surface area contributed by atoms with Gasteiger partial charge in [0, 0.05) is 25.7 Å². The van der Waals surface area contributed by atoms with Gasteiger partial charge in [-0.15, -0.1) is 0 Å². The van der Waals surface area contributed by atoms with Crippen molar-refractivity contribution in [3.63, 3.8) is 0 Å². The number of rotatable bonds is 2. The summed E-state index contributed by atoms with van der Waals surface area (Å²) in [5.74, 6) is 1.11. The summed E-state index contributed by atoms with van der Waals surface area (Å²) in [6, 6.07) is 0. The molecule has 0 unspecified atom stereocenters. The minimum absolute atomic E-state index is 0.0386. The Morgan fingerprint density at radius 1 is 1.29 bits per heavy atom. The SMILES string of the molecule is CNC(=O)[C@H]1CCCN(c2nc(Cl)nc3c2CCCC3)C1. The van der Waals surface area contributed by atoms with Crippen LogP contribution in [0.1, 0.15) is 36.9 Å². The number of anilines is 1. The number of nitrogens with one attached hydrogen (secondary N) is 1. The minimum atomic E-state index is 0.0386. The first-order valence-electron chi connectivity index (χ1n) is 7.71. The lowest BCUT2D eigenvalue weighted by atomic mass is 9.93. The first-order chi connectivity index (χ1) is 10.2. The lowest BCUT2D eigenvalue weighted by Gasteiger charge is -2.34. The van der Waals surface area contributed by atoms with E-state index in [1.165, 1.54) is 18.4 Å². The van der Waals surface area contributed by atoms with E-state index < -0.39 is 0 Å². The molecule has 1 fully saturated rings. The third kappa shape index (κ3) is 2.98. The Morgan fingerprint density at radius 3 is 2.90 bits per heavy atom. The molecule has 0 aromatic carbocycles. The number of nitrogens with zero attached hydrogens (tertiary/aromatic N) is 3. The molecule has 1 aromatic rings. The highest BCUT2D eigenvalue weighted by molar-refractivity contribution is 6.28. The van der Waals surface area contributed by atoms with Crippen LogP contribution in [-0.2, 0) is 17.6 Å². The van der Waals surface area contributed by atoms with Gasteiger partial charge in [0.1, 0.15) is 5.82 Å². The fourth-order valence-corrected chi connectivity index (χ4v) is 3.58. The zero-order chi connectivity index (χ0) is 14.8. The quantitative estimate of drug-likeness (QED) is 0.849. The van der Waals surface area contributed by atoms with E-state index in [0.29, 0.717) is 5.28 Å². The number of aromatic nitrogens is 2. The minimum Gasteiger partial charge on any atom is -0.359 e. The summed E-state index contributed by atoms with van der Waals surface area (Å²) in [4.78, 5) is 23.0. The first kappa shape index (κ1) is 14.6. The molecule has 2 heterocycles. The molecule has 0 radical (unpaired) electrons. The van der Waals surface area contributed by atoms with E-state index in [1.54, 1.807) is 7.05 Å². The molecule has 3 rings (SSSR count). The smallest absolute Gasteiger partial charge is 0.224 e. The van der Waals surface area contributed by atoms with Gasteiger partial charge in [-0.1, -0.05) is 0 Å².